The van der Waals surface area contributed by atoms with Crippen LogP contribution in [0.2, 0.25) is 0 Å². The fourth-order valence-electron chi connectivity index (χ4n) is 1.64. The lowest BCUT2D eigenvalue weighted by molar-refractivity contribution is 0.0261. The second-order valence-electron chi connectivity index (χ2n) is 4.32. The molecule has 1 aromatic carbocycles. The molecule has 3 nitrogen and oxygen atoms in total. The molecule has 0 radical (unpaired) electrons. The first-order chi connectivity index (χ1) is 9.15. The predicted molar refractivity (Wildman–Crippen MR) is 77.5 cm³/mol. The maximum absolute atomic E-state index is 9.02. The fourth-order valence-corrected chi connectivity index (χ4v) is 1.73. The molecule has 0 amide bonds. The van der Waals surface area contributed by atoms with Gasteiger partial charge in [0.05, 0.1) is 19.8 Å². The molecule has 0 fully saturated rings. The van der Waals surface area contributed by atoms with E-state index in [4.69, 9.17) is 26.2 Å². The highest BCUT2D eigenvalue weighted by atomic mass is 35.5. The molecule has 4 heteroatoms. The molecule has 1 rings (SSSR count). The van der Waals surface area contributed by atoms with Crippen molar-refractivity contribution in [3.63, 3.8) is 0 Å². The molecular formula is C15H21ClO3. The van der Waals surface area contributed by atoms with Crippen molar-refractivity contribution in [3.05, 3.63) is 40.9 Å². The number of benzene rings is 1. The molecule has 1 atom stereocenters. The van der Waals surface area contributed by atoms with E-state index >= 15 is 0 Å². The Morgan fingerprint density at radius 2 is 2.05 bits per heavy atom. The molecule has 0 heterocycles. The van der Waals surface area contributed by atoms with Crippen LogP contribution in [-0.4, -0.2) is 24.9 Å². The lowest BCUT2D eigenvalue weighted by atomic mass is 10.1. The summed E-state index contributed by atoms with van der Waals surface area (Å²) in [5.41, 5.74) is 1.08. The Kier molecular flexibility index (Phi) is 7.56. The highest BCUT2D eigenvalue weighted by Gasteiger charge is 2.07. The zero-order chi connectivity index (χ0) is 14.1. The van der Waals surface area contributed by atoms with Crippen molar-refractivity contribution in [1.82, 2.24) is 0 Å². The van der Waals surface area contributed by atoms with E-state index in [1.165, 1.54) is 0 Å². The zero-order valence-electron chi connectivity index (χ0n) is 11.4. The Balaban J connectivity index is 2.47. The number of hydrogen-bond donors (Lipinski definition) is 1. The summed E-state index contributed by atoms with van der Waals surface area (Å²) < 4.78 is 10.9. The molecular weight excluding hydrogens is 264 g/mol. The van der Waals surface area contributed by atoms with Crippen LogP contribution in [0.3, 0.4) is 0 Å². The second kappa shape index (κ2) is 8.97. The number of rotatable bonds is 8. The number of aliphatic hydroxyl groups is 1. The molecule has 0 saturated heterocycles. The third-order valence-electron chi connectivity index (χ3n) is 2.76. The van der Waals surface area contributed by atoms with Crippen LogP contribution in [-0.2, 0) is 11.3 Å². The van der Waals surface area contributed by atoms with Gasteiger partial charge in [-0.1, -0.05) is 29.8 Å². The SMILES string of the molecule is COc1ccc(COC(C/C=C(\C)Cl)CCO)cc1. The summed E-state index contributed by atoms with van der Waals surface area (Å²) in [5, 5.41) is 9.76. The van der Waals surface area contributed by atoms with Gasteiger partial charge in [-0.25, -0.2) is 0 Å². The van der Waals surface area contributed by atoms with E-state index in [0.29, 0.717) is 19.4 Å². The lowest BCUT2D eigenvalue weighted by Crippen LogP contribution is -2.14. The maximum Gasteiger partial charge on any atom is 0.118 e. The van der Waals surface area contributed by atoms with Gasteiger partial charge in [0, 0.05) is 11.6 Å². The molecule has 0 saturated carbocycles. The van der Waals surface area contributed by atoms with E-state index in [9.17, 15) is 0 Å². The molecule has 0 aliphatic heterocycles. The highest BCUT2D eigenvalue weighted by Crippen LogP contribution is 2.15. The molecule has 1 unspecified atom stereocenters. The molecule has 0 spiro atoms. The Bertz CT molecular complexity index is 383. The first-order valence-corrected chi connectivity index (χ1v) is 6.71. The Hall–Kier alpha value is -1.03. The Morgan fingerprint density at radius 3 is 2.58 bits per heavy atom. The van der Waals surface area contributed by atoms with Crippen LogP contribution in [0.25, 0.3) is 0 Å². The maximum atomic E-state index is 9.02. The van der Waals surface area contributed by atoms with Crippen molar-refractivity contribution in [3.8, 4) is 5.75 Å². The molecule has 19 heavy (non-hydrogen) atoms. The first-order valence-electron chi connectivity index (χ1n) is 6.33. The molecule has 1 aromatic rings. The number of hydrogen-bond acceptors (Lipinski definition) is 3. The summed E-state index contributed by atoms with van der Waals surface area (Å²) in [6.07, 6.45) is 3.22. The average molecular weight is 285 g/mol. The minimum atomic E-state index is -0.0131. The minimum Gasteiger partial charge on any atom is -0.497 e. The van der Waals surface area contributed by atoms with Gasteiger partial charge in [0.15, 0.2) is 0 Å². The van der Waals surface area contributed by atoms with Gasteiger partial charge in [0.2, 0.25) is 0 Å². The first kappa shape index (κ1) is 16.0. The summed E-state index contributed by atoms with van der Waals surface area (Å²) in [6.45, 7) is 2.47. The van der Waals surface area contributed by atoms with E-state index in [1.54, 1.807) is 7.11 Å². The van der Waals surface area contributed by atoms with Crippen LogP contribution in [0.15, 0.2) is 35.4 Å². The van der Waals surface area contributed by atoms with Crippen LogP contribution in [0, 0.1) is 0 Å². The normalized spacial score (nSPS) is 13.4. The largest absolute Gasteiger partial charge is 0.497 e. The lowest BCUT2D eigenvalue weighted by Gasteiger charge is -2.15. The van der Waals surface area contributed by atoms with Crippen molar-refractivity contribution in [2.24, 2.45) is 0 Å². The van der Waals surface area contributed by atoms with E-state index in [0.717, 1.165) is 16.3 Å². The molecule has 0 bridgehead atoms. The highest BCUT2D eigenvalue weighted by molar-refractivity contribution is 6.29. The van der Waals surface area contributed by atoms with Crippen LogP contribution in [0.1, 0.15) is 25.3 Å². The molecule has 0 aromatic heterocycles. The summed E-state index contributed by atoms with van der Waals surface area (Å²) in [5.74, 6) is 0.830. The van der Waals surface area contributed by atoms with Gasteiger partial charge < -0.3 is 14.6 Å². The third kappa shape index (κ3) is 6.62. The minimum absolute atomic E-state index is 0.0131. The number of methoxy groups -OCH3 is 1. The summed E-state index contributed by atoms with van der Waals surface area (Å²) in [4.78, 5) is 0. The van der Waals surface area contributed by atoms with Crippen molar-refractivity contribution in [1.29, 1.82) is 0 Å². The molecule has 106 valence electrons. The van der Waals surface area contributed by atoms with Gasteiger partial charge in [-0.3, -0.25) is 0 Å². The monoisotopic (exact) mass is 284 g/mol. The van der Waals surface area contributed by atoms with Crippen LogP contribution in [0.4, 0.5) is 0 Å². The Labute approximate surface area is 119 Å². The molecule has 0 aliphatic rings. The average Bonchev–Trinajstić information content (AvgIpc) is 2.42. The van der Waals surface area contributed by atoms with Crippen molar-refractivity contribution >= 4 is 11.6 Å². The van der Waals surface area contributed by atoms with E-state index in [-0.39, 0.29) is 12.7 Å². The van der Waals surface area contributed by atoms with E-state index < -0.39 is 0 Å². The van der Waals surface area contributed by atoms with Gasteiger partial charge in [-0.2, -0.15) is 0 Å². The summed E-state index contributed by atoms with van der Waals surface area (Å²) in [6, 6.07) is 7.75. The van der Waals surface area contributed by atoms with Gasteiger partial charge in [-0.15, -0.1) is 0 Å². The van der Waals surface area contributed by atoms with Crippen LogP contribution < -0.4 is 4.74 Å². The zero-order valence-corrected chi connectivity index (χ0v) is 12.2. The van der Waals surface area contributed by atoms with E-state index in [2.05, 4.69) is 0 Å². The van der Waals surface area contributed by atoms with Crippen molar-refractivity contribution in [2.75, 3.05) is 13.7 Å². The number of halogens is 1. The number of aliphatic hydroxyl groups excluding tert-OH is 1. The van der Waals surface area contributed by atoms with E-state index in [1.807, 2.05) is 37.3 Å². The number of allylic oxidation sites excluding steroid dienone is 1. The molecule has 1 N–H and O–H groups in total. The van der Waals surface area contributed by atoms with Crippen LogP contribution >= 0.6 is 11.6 Å². The third-order valence-corrected chi connectivity index (χ3v) is 2.91. The van der Waals surface area contributed by atoms with Crippen LogP contribution in [0.5, 0.6) is 5.75 Å². The van der Waals surface area contributed by atoms with Gasteiger partial charge in [-0.05, 0) is 37.5 Å². The molecule has 0 aliphatic carbocycles. The predicted octanol–water partition coefficient (Wildman–Crippen LogP) is 3.50. The fraction of sp³-hybridized carbons (Fsp3) is 0.467. The van der Waals surface area contributed by atoms with Gasteiger partial charge in [0.1, 0.15) is 5.75 Å². The standard InChI is InChI=1S/C15H21ClO3/c1-12(16)3-6-15(9-10-17)19-11-13-4-7-14(18-2)8-5-13/h3-5,7-8,15,17H,6,9-11H2,1-2H3/b12-3+. The van der Waals surface area contributed by atoms with Crippen molar-refractivity contribution in [2.45, 2.75) is 32.5 Å². The quantitative estimate of drug-likeness (QED) is 0.794. The number of ether oxygens (including phenoxy) is 2. The van der Waals surface area contributed by atoms with Gasteiger partial charge in [0.25, 0.3) is 0 Å². The van der Waals surface area contributed by atoms with Crippen molar-refractivity contribution < 1.29 is 14.6 Å². The topological polar surface area (TPSA) is 38.7 Å². The second-order valence-corrected chi connectivity index (χ2v) is 4.92. The summed E-state index contributed by atoms with van der Waals surface area (Å²) in [7, 11) is 1.64. The smallest absolute Gasteiger partial charge is 0.118 e. The Morgan fingerprint density at radius 1 is 1.37 bits per heavy atom. The van der Waals surface area contributed by atoms with Gasteiger partial charge >= 0.3 is 0 Å². The summed E-state index contributed by atoms with van der Waals surface area (Å²) >= 11 is 5.80.